The van der Waals surface area contributed by atoms with E-state index in [1.165, 1.54) is 33.6 Å². The first-order chi connectivity index (χ1) is 16.4. The number of thiazole rings is 1. The molecule has 0 spiro atoms. The number of carbonyl (C=O) groups is 3. The van der Waals surface area contributed by atoms with E-state index in [4.69, 9.17) is 4.74 Å². The summed E-state index contributed by atoms with van der Waals surface area (Å²) in [5, 5.41) is 2.28. The van der Waals surface area contributed by atoms with Gasteiger partial charge in [-0.05, 0) is 30.2 Å². The molecule has 1 aliphatic rings. The van der Waals surface area contributed by atoms with E-state index in [-0.39, 0.29) is 31.4 Å². The highest BCUT2D eigenvalue weighted by Crippen LogP contribution is 2.31. The summed E-state index contributed by atoms with van der Waals surface area (Å²) in [5.41, 5.74) is 4.44. The minimum Gasteiger partial charge on any atom is -0.459 e. The molecule has 7 nitrogen and oxygen atoms in total. The quantitative estimate of drug-likeness (QED) is 0.431. The van der Waals surface area contributed by atoms with Gasteiger partial charge in [0.05, 0.1) is 17.8 Å². The molecule has 0 atom stereocenters. The van der Waals surface area contributed by atoms with Crippen molar-refractivity contribution in [1.82, 2.24) is 9.88 Å². The lowest BCUT2D eigenvalue weighted by atomic mass is 10.1. The third-order valence-electron chi connectivity index (χ3n) is 5.61. The Balaban J connectivity index is 1.33. The summed E-state index contributed by atoms with van der Waals surface area (Å²) in [6, 6.07) is 15.0. The van der Waals surface area contributed by atoms with Crippen molar-refractivity contribution in [2.75, 3.05) is 11.4 Å². The monoisotopic (exact) mass is 475 g/mol. The average Bonchev–Trinajstić information content (AvgIpc) is 3.40. The van der Waals surface area contributed by atoms with Crippen molar-refractivity contribution in [2.45, 2.75) is 33.3 Å². The number of carbonyl (C=O) groups excluding carboxylic acids is 3. The first kappa shape index (κ1) is 23.4. The third kappa shape index (κ3) is 4.77. The maximum Gasteiger partial charge on any atom is 0.307 e. The number of esters is 1. The highest BCUT2D eigenvalue weighted by molar-refractivity contribution is 7.14. The van der Waals surface area contributed by atoms with Gasteiger partial charge in [-0.25, -0.2) is 4.98 Å². The summed E-state index contributed by atoms with van der Waals surface area (Å²) in [7, 11) is 0. The largest absolute Gasteiger partial charge is 0.459 e. The van der Waals surface area contributed by atoms with Gasteiger partial charge in [0.15, 0.2) is 5.13 Å². The molecule has 1 aliphatic heterocycles. The molecule has 2 heterocycles. The zero-order chi connectivity index (χ0) is 24.2. The lowest BCUT2D eigenvalue weighted by Gasteiger charge is -2.18. The number of fused-ring (bicyclic) bond motifs is 1. The molecule has 0 unspecified atom stereocenters. The number of hydrogen-bond donors (Lipinski definition) is 0. The van der Waals surface area contributed by atoms with Gasteiger partial charge in [0, 0.05) is 35.7 Å². The summed E-state index contributed by atoms with van der Waals surface area (Å²) in [6.45, 7) is 7.72. The highest BCUT2D eigenvalue weighted by Gasteiger charge is 2.30. The molecule has 0 radical (unpaired) electrons. The fourth-order valence-electron chi connectivity index (χ4n) is 3.77. The summed E-state index contributed by atoms with van der Waals surface area (Å²) >= 11 is 1.31. The fourth-order valence-corrected chi connectivity index (χ4v) is 4.65. The Bertz CT molecular complexity index is 1210. The maximum atomic E-state index is 12.5. The third-order valence-corrected chi connectivity index (χ3v) is 6.48. The normalized spacial score (nSPS) is 12.6. The number of anilines is 2. The summed E-state index contributed by atoms with van der Waals surface area (Å²) in [5.74, 6) is -0.753. The van der Waals surface area contributed by atoms with E-state index in [2.05, 4.69) is 18.5 Å². The van der Waals surface area contributed by atoms with Crippen LogP contribution in [0.3, 0.4) is 0 Å². The van der Waals surface area contributed by atoms with Gasteiger partial charge < -0.3 is 9.64 Å². The van der Waals surface area contributed by atoms with Crippen molar-refractivity contribution in [3.63, 3.8) is 0 Å². The molecule has 0 saturated carbocycles. The van der Waals surface area contributed by atoms with Gasteiger partial charge >= 0.3 is 5.97 Å². The summed E-state index contributed by atoms with van der Waals surface area (Å²) in [4.78, 5) is 44.7. The molecule has 3 aromatic rings. The number of rotatable bonds is 8. The molecule has 0 fully saturated rings. The van der Waals surface area contributed by atoms with Crippen LogP contribution in [0.25, 0.3) is 5.70 Å². The van der Waals surface area contributed by atoms with Crippen molar-refractivity contribution >= 4 is 45.6 Å². The van der Waals surface area contributed by atoms with E-state index in [1.807, 2.05) is 36.4 Å². The van der Waals surface area contributed by atoms with Crippen molar-refractivity contribution in [1.29, 1.82) is 0 Å². The van der Waals surface area contributed by atoms with E-state index in [1.54, 1.807) is 17.5 Å². The Morgan fingerprint density at radius 3 is 2.47 bits per heavy atom. The Hall–Kier alpha value is -3.78. The minimum atomic E-state index is -0.440. The van der Waals surface area contributed by atoms with Gasteiger partial charge in [0.1, 0.15) is 6.61 Å². The number of amides is 2. The van der Waals surface area contributed by atoms with E-state index in [0.717, 1.165) is 17.7 Å². The second-order valence-corrected chi connectivity index (χ2v) is 8.69. The van der Waals surface area contributed by atoms with E-state index < -0.39 is 5.97 Å². The molecule has 0 N–H and O–H groups in total. The topological polar surface area (TPSA) is 79.8 Å². The summed E-state index contributed by atoms with van der Waals surface area (Å²) < 4.78 is 5.36. The van der Waals surface area contributed by atoms with Gasteiger partial charge in [0.2, 0.25) is 5.91 Å². The number of benzene rings is 2. The Kier molecular flexibility index (Phi) is 6.88. The van der Waals surface area contributed by atoms with Crippen molar-refractivity contribution in [3.8, 4) is 0 Å². The van der Waals surface area contributed by atoms with Crippen LogP contribution in [0.4, 0.5) is 10.8 Å². The van der Waals surface area contributed by atoms with Crippen molar-refractivity contribution < 1.29 is 19.1 Å². The van der Waals surface area contributed by atoms with Crippen LogP contribution in [-0.4, -0.2) is 34.2 Å². The van der Waals surface area contributed by atoms with Gasteiger partial charge in [-0.2, -0.15) is 0 Å². The van der Waals surface area contributed by atoms with Crippen molar-refractivity contribution in [2.24, 2.45) is 0 Å². The molecule has 2 aromatic carbocycles. The molecular weight excluding hydrogens is 450 g/mol. The van der Waals surface area contributed by atoms with Crippen molar-refractivity contribution in [3.05, 3.63) is 82.9 Å². The van der Waals surface area contributed by atoms with Gasteiger partial charge in [-0.3, -0.25) is 19.3 Å². The van der Waals surface area contributed by atoms with Gasteiger partial charge in [-0.15, -0.1) is 11.3 Å². The van der Waals surface area contributed by atoms with Crippen LogP contribution < -0.4 is 4.90 Å². The molecule has 4 rings (SSSR count). The minimum absolute atomic E-state index is 0.00896. The molecule has 0 aliphatic carbocycles. The fraction of sp³-hybridized carbons (Fsp3) is 0.231. The van der Waals surface area contributed by atoms with Gasteiger partial charge in [0.25, 0.3) is 5.91 Å². The lowest BCUT2D eigenvalue weighted by molar-refractivity contribution is -0.145. The number of hydrogen-bond acceptors (Lipinski definition) is 6. The maximum absolute atomic E-state index is 12.5. The molecule has 174 valence electrons. The van der Waals surface area contributed by atoms with E-state index in [9.17, 15) is 14.4 Å². The standard InChI is InChI=1S/C26H25N3O4S/c1-4-19-9-11-21(12-10-19)29(18(3)30)26-27-20(16-34-26)15-33-24(31)13-14-28-17(2)22-7-5-6-8-23(22)25(28)32/h5-12,16H,2,4,13-15H2,1,3H3. The Labute approximate surface area is 202 Å². The van der Waals surface area contributed by atoms with Crippen LogP contribution in [0.5, 0.6) is 0 Å². The number of nitrogens with zero attached hydrogens (tertiary/aromatic N) is 3. The Morgan fingerprint density at radius 1 is 1.12 bits per heavy atom. The van der Waals surface area contributed by atoms with Crippen LogP contribution in [0.15, 0.2) is 60.5 Å². The SMILES string of the molecule is C=C1c2ccccc2C(=O)N1CCC(=O)OCc1csc(N(C(C)=O)c2ccc(CC)cc2)n1. The average molecular weight is 476 g/mol. The van der Waals surface area contributed by atoms with E-state index in [0.29, 0.717) is 22.1 Å². The predicted molar refractivity (Wildman–Crippen MR) is 132 cm³/mol. The zero-order valence-electron chi connectivity index (χ0n) is 19.1. The molecule has 34 heavy (non-hydrogen) atoms. The van der Waals surface area contributed by atoms with Crippen LogP contribution in [0.1, 0.15) is 47.4 Å². The zero-order valence-corrected chi connectivity index (χ0v) is 19.9. The highest BCUT2D eigenvalue weighted by atomic mass is 32.1. The second kappa shape index (κ2) is 10.0. The number of aromatic nitrogens is 1. The van der Waals surface area contributed by atoms with Crippen LogP contribution in [0, 0.1) is 0 Å². The Morgan fingerprint density at radius 2 is 1.82 bits per heavy atom. The van der Waals surface area contributed by atoms with Crippen LogP contribution in [0.2, 0.25) is 0 Å². The molecule has 0 bridgehead atoms. The number of ether oxygens (including phenoxy) is 1. The molecule has 2 amide bonds. The van der Waals surface area contributed by atoms with E-state index >= 15 is 0 Å². The lowest BCUT2D eigenvalue weighted by Crippen LogP contribution is -2.26. The van der Waals surface area contributed by atoms with Crippen LogP contribution >= 0.6 is 11.3 Å². The smallest absolute Gasteiger partial charge is 0.307 e. The van der Waals surface area contributed by atoms with Gasteiger partial charge in [-0.1, -0.05) is 43.8 Å². The van der Waals surface area contributed by atoms with Crippen LogP contribution in [-0.2, 0) is 27.4 Å². The molecular formula is C26H25N3O4S. The molecule has 1 aromatic heterocycles. The molecule has 8 heteroatoms. The second-order valence-electron chi connectivity index (χ2n) is 7.86. The first-order valence-electron chi connectivity index (χ1n) is 11.0. The predicted octanol–water partition coefficient (Wildman–Crippen LogP) is 4.95. The summed E-state index contributed by atoms with van der Waals surface area (Å²) in [6.07, 6.45) is 0.958. The molecule has 0 saturated heterocycles. The number of aryl methyl sites for hydroxylation is 1. The first-order valence-corrected chi connectivity index (χ1v) is 11.9.